The van der Waals surface area contributed by atoms with Crippen LogP contribution in [0.25, 0.3) is 0 Å². The van der Waals surface area contributed by atoms with Gasteiger partial charge in [-0.3, -0.25) is 0 Å². The van der Waals surface area contributed by atoms with Gasteiger partial charge in [0.15, 0.2) is 5.75 Å². The van der Waals surface area contributed by atoms with Gasteiger partial charge in [0, 0.05) is 6.20 Å². The van der Waals surface area contributed by atoms with Crippen LogP contribution in [0.2, 0.25) is 5.02 Å². The Balaban J connectivity index is 3.17. The zero-order valence-corrected chi connectivity index (χ0v) is 6.02. The molecule has 1 heterocycles. The Hall–Kier alpha value is -0.830. The molecule has 0 saturated heterocycles. The molecule has 10 heavy (non-hydrogen) atoms. The zero-order chi connectivity index (χ0) is 7.56. The molecule has 54 valence electrons. The molecule has 2 nitrogen and oxygen atoms in total. The smallest absolute Gasteiger partial charge is 0.256 e. The molecule has 0 bridgehead atoms. The van der Waals surface area contributed by atoms with Crippen LogP contribution < -0.4 is 4.74 Å². The van der Waals surface area contributed by atoms with E-state index in [9.17, 15) is 4.39 Å². The van der Waals surface area contributed by atoms with E-state index in [1.54, 1.807) is 0 Å². The van der Waals surface area contributed by atoms with E-state index in [0.29, 0.717) is 0 Å². The first-order valence-electron chi connectivity index (χ1n) is 2.59. The third-order valence-corrected chi connectivity index (χ3v) is 1.31. The molecule has 0 radical (unpaired) electrons. The maximum atomic E-state index is 12.5. The molecule has 0 atom stereocenters. The first kappa shape index (κ1) is 7.28. The van der Waals surface area contributed by atoms with Crippen molar-refractivity contribution < 1.29 is 9.13 Å². The van der Waals surface area contributed by atoms with Crippen molar-refractivity contribution >= 4 is 11.6 Å². The van der Waals surface area contributed by atoms with E-state index >= 15 is 0 Å². The van der Waals surface area contributed by atoms with Crippen LogP contribution in [0.1, 0.15) is 0 Å². The number of hydrogen-bond donors (Lipinski definition) is 0. The van der Waals surface area contributed by atoms with Gasteiger partial charge in [-0.05, 0) is 6.07 Å². The summed E-state index contributed by atoms with van der Waals surface area (Å²) in [6.07, 6.45) is 1.28. The van der Waals surface area contributed by atoms with Gasteiger partial charge in [0.1, 0.15) is 0 Å². The van der Waals surface area contributed by atoms with Crippen molar-refractivity contribution in [3.63, 3.8) is 0 Å². The number of hydrogen-bond acceptors (Lipinski definition) is 2. The van der Waals surface area contributed by atoms with Crippen molar-refractivity contribution in [2.45, 2.75) is 0 Å². The minimum Gasteiger partial charge on any atom is -0.491 e. The molecule has 0 aromatic carbocycles. The summed E-state index contributed by atoms with van der Waals surface area (Å²) in [4.78, 5) is 3.33. The molecule has 0 unspecified atom stereocenters. The molecule has 0 spiro atoms. The van der Waals surface area contributed by atoms with Gasteiger partial charge in [-0.1, -0.05) is 11.6 Å². The van der Waals surface area contributed by atoms with Crippen LogP contribution in [0.15, 0.2) is 12.3 Å². The highest BCUT2D eigenvalue weighted by molar-refractivity contribution is 6.31. The number of pyridine rings is 1. The quantitative estimate of drug-likeness (QED) is 0.587. The van der Waals surface area contributed by atoms with E-state index in [-0.39, 0.29) is 10.8 Å². The maximum absolute atomic E-state index is 12.5. The number of ether oxygens (including phenoxy) is 1. The molecule has 0 aliphatic heterocycles. The topological polar surface area (TPSA) is 22.1 Å². The van der Waals surface area contributed by atoms with Crippen molar-refractivity contribution in [2.75, 3.05) is 7.11 Å². The Morgan fingerprint density at radius 3 is 2.80 bits per heavy atom. The van der Waals surface area contributed by atoms with Gasteiger partial charge in [-0.25, -0.2) is 4.98 Å². The fourth-order valence-corrected chi connectivity index (χ4v) is 0.794. The number of methoxy groups -OCH3 is 1. The van der Waals surface area contributed by atoms with Crippen molar-refractivity contribution in [3.05, 3.63) is 23.2 Å². The minimum absolute atomic E-state index is 0.0100. The Morgan fingerprint density at radius 2 is 2.40 bits per heavy atom. The van der Waals surface area contributed by atoms with E-state index in [0.717, 1.165) is 0 Å². The highest BCUT2D eigenvalue weighted by Crippen LogP contribution is 2.24. The molecular formula is C6H5ClFNO. The summed E-state index contributed by atoms with van der Waals surface area (Å²) in [5.74, 6) is -0.695. The lowest BCUT2D eigenvalue weighted by Gasteiger charge is -2.00. The Kier molecular flexibility index (Phi) is 2.06. The van der Waals surface area contributed by atoms with Gasteiger partial charge < -0.3 is 4.74 Å². The SMILES string of the molecule is COc1c(Cl)ccnc1F. The summed E-state index contributed by atoms with van der Waals surface area (Å²) >= 11 is 5.52. The zero-order valence-electron chi connectivity index (χ0n) is 5.27. The number of aromatic nitrogens is 1. The monoisotopic (exact) mass is 161 g/mol. The number of nitrogens with zero attached hydrogens (tertiary/aromatic N) is 1. The molecule has 1 aromatic heterocycles. The molecule has 0 aliphatic rings. The third kappa shape index (κ3) is 1.19. The summed E-state index contributed by atoms with van der Waals surface area (Å²) in [7, 11) is 1.34. The van der Waals surface area contributed by atoms with Crippen molar-refractivity contribution in [1.82, 2.24) is 4.98 Å². The van der Waals surface area contributed by atoms with E-state index in [1.165, 1.54) is 19.4 Å². The van der Waals surface area contributed by atoms with E-state index in [2.05, 4.69) is 9.72 Å². The normalized spacial score (nSPS) is 9.50. The molecule has 0 aliphatic carbocycles. The molecule has 1 rings (SSSR count). The average molecular weight is 162 g/mol. The predicted octanol–water partition coefficient (Wildman–Crippen LogP) is 1.88. The highest BCUT2D eigenvalue weighted by atomic mass is 35.5. The number of rotatable bonds is 1. The Bertz CT molecular complexity index is 221. The van der Waals surface area contributed by atoms with Crippen LogP contribution >= 0.6 is 11.6 Å². The van der Waals surface area contributed by atoms with E-state index < -0.39 is 5.95 Å². The molecule has 1 aromatic rings. The Labute approximate surface area is 62.6 Å². The highest BCUT2D eigenvalue weighted by Gasteiger charge is 2.06. The standard InChI is InChI=1S/C6H5ClFNO/c1-10-5-4(7)2-3-9-6(5)8/h2-3H,1H3. The summed E-state index contributed by atoms with van der Waals surface area (Å²) in [6.45, 7) is 0. The fourth-order valence-electron chi connectivity index (χ4n) is 0.583. The second kappa shape index (κ2) is 2.84. The van der Waals surface area contributed by atoms with Gasteiger partial charge in [-0.2, -0.15) is 4.39 Å². The first-order valence-corrected chi connectivity index (χ1v) is 2.97. The molecule has 0 N–H and O–H groups in total. The lowest BCUT2D eigenvalue weighted by atomic mass is 10.4. The molecular weight excluding hydrogens is 157 g/mol. The van der Waals surface area contributed by atoms with Gasteiger partial charge in [-0.15, -0.1) is 0 Å². The largest absolute Gasteiger partial charge is 0.491 e. The van der Waals surface area contributed by atoms with Gasteiger partial charge >= 0.3 is 0 Å². The van der Waals surface area contributed by atoms with Crippen LogP contribution in [-0.2, 0) is 0 Å². The lowest BCUT2D eigenvalue weighted by Crippen LogP contribution is -1.90. The fraction of sp³-hybridized carbons (Fsp3) is 0.167. The van der Waals surface area contributed by atoms with Gasteiger partial charge in [0.25, 0.3) is 5.95 Å². The third-order valence-electron chi connectivity index (χ3n) is 1.02. The summed E-state index contributed by atoms with van der Waals surface area (Å²) in [5, 5.41) is 0.231. The molecule has 0 amide bonds. The summed E-state index contributed by atoms with van der Waals surface area (Å²) in [5.41, 5.74) is 0. The minimum atomic E-state index is -0.685. The maximum Gasteiger partial charge on any atom is 0.256 e. The van der Waals surface area contributed by atoms with Crippen LogP contribution in [0.5, 0.6) is 5.75 Å². The Morgan fingerprint density at radius 1 is 1.70 bits per heavy atom. The first-order chi connectivity index (χ1) is 4.75. The van der Waals surface area contributed by atoms with Crippen LogP contribution in [0.3, 0.4) is 0 Å². The predicted molar refractivity (Wildman–Crippen MR) is 35.8 cm³/mol. The van der Waals surface area contributed by atoms with Crippen molar-refractivity contribution in [1.29, 1.82) is 0 Å². The number of halogens is 2. The van der Waals surface area contributed by atoms with Gasteiger partial charge in [0.05, 0.1) is 12.1 Å². The van der Waals surface area contributed by atoms with E-state index in [4.69, 9.17) is 11.6 Å². The van der Waals surface area contributed by atoms with Crippen molar-refractivity contribution in [2.24, 2.45) is 0 Å². The molecule has 0 fully saturated rings. The molecule has 0 saturated carbocycles. The lowest BCUT2D eigenvalue weighted by molar-refractivity contribution is 0.378. The van der Waals surface area contributed by atoms with Crippen LogP contribution in [0.4, 0.5) is 4.39 Å². The second-order valence-electron chi connectivity index (χ2n) is 1.62. The van der Waals surface area contributed by atoms with Crippen LogP contribution in [0, 0.1) is 5.95 Å². The average Bonchev–Trinajstić information content (AvgIpc) is 1.88. The second-order valence-corrected chi connectivity index (χ2v) is 2.02. The van der Waals surface area contributed by atoms with Crippen molar-refractivity contribution in [3.8, 4) is 5.75 Å². The van der Waals surface area contributed by atoms with Gasteiger partial charge in [0.2, 0.25) is 0 Å². The van der Waals surface area contributed by atoms with E-state index in [1.807, 2.05) is 0 Å². The molecule has 4 heteroatoms. The van der Waals surface area contributed by atoms with Crippen LogP contribution in [-0.4, -0.2) is 12.1 Å². The summed E-state index contributed by atoms with van der Waals surface area (Å²) in [6, 6.07) is 1.46. The summed E-state index contributed by atoms with van der Waals surface area (Å²) < 4.78 is 17.1.